The zero-order valence-corrected chi connectivity index (χ0v) is 18.8. The average molecular weight is 429 g/mol. The van der Waals surface area contributed by atoms with Crippen LogP contribution >= 0.6 is 0 Å². The van der Waals surface area contributed by atoms with Crippen LogP contribution in [0.15, 0.2) is 72.8 Å². The molecule has 4 rings (SSSR count). The maximum atomic E-state index is 12.5. The SMILES string of the molecule is CCOc1ccc(CCCNC(=O)c2ccc(CN3CCc4ccccc4C3)cc2)cc1. The molecule has 1 heterocycles. The summed E-state index contributed by atoms with van der Waals surface area (Å²) in [7, 11) is 0. The number of carbonyl (C=O) groups excluding carboxylic acids is 1. The Morgan fingerprint density at radius 2 is 1.66 bits per heavy atom. The Morgan fingerprint density at radius 1 is 0.938 bits per heavy atom. The zero-order valence-electron chi connectivity index (χ0n) is 18.8. The number of hydrogen-bond acceptors (Lipinski definition) is 3. The Hall–Kier alpha value is -3.11. The number of rotatable bonds is 9. The minimum Gasteiger partial charge on any atom is -0.494 e. The summed E-state index contributed by atoms with van der Waals surface area (Å²) in [5, 5.41) is 3.04. The van der Waals surface area contributed by atoms with Crippen LogP contribution in [0.25, 0.3) is 0 Å². The summed E-state index contributed by atoms with van der Waals surface area (Å²) in [6.07, 6.45) is 2.95. The van der Waals surface area contributed by atoms with Crippen LogP contribution in [0.3, 0.4) is 0 Å². The second kappa shape index (κ2) is 11.0. The fourth-order valence-electron chi connectivity index (χ4n) is 4.22. The molecule has 166 valence electrons. The number of fused-ring (bicyclic) bond motifs is 1. The molecule has 3 aromatic rings. The normalized spacial score (nSPS) is 13.4. The molecule has 0 radical (unpaired) electrons. The quantitative estimate of drug-likeness (QED) is 0.487. The molecule has 0 saturated carbocycles. The van der Waals surface area contributed by atoms with E-state index in [9.17, 15) is 4.79 Å². The minimum atomic E-state index is -0.00450. The van der Waals surface area contributed by atoms with E-state index < -0.39 is 0 Å². The zero-order chi connectivity index (χ0) is 22.2. The first-order chi connectivity index (χ1) is 15.7. The van der Waals surface area contributed by atoms with Gasteiger partial charge < -0.3 is 10.1 Å². The third-order valence-corrected chi connectivity index (χ3v) is 5.99. The van der Waals surface area contributed by atoms with Crippen LogP contribution in [0.4, 0.5) is 0 Å². The van der Waals surface area contributed by atoms with E-state index in [-0.39, 0.29) is 5.91 Å². The lowest BCUT2D eigenvalue weighted by Crippen LogP contribution is -2.30. The smallest absolute Gasteiger partial charge is 0.251 e. The van der Waals surface area contributed by atoms with Crippen molar-refractivity contribution in [2.24, 2.45) is 0 Å². The van der Waals surface area contributed by atoms with Crippen LogP contribution in [0, 0.1) is 0 Å². The molecule has 4 nitrogen and oxygen atoms in total. The van der Waals surface area contributed by atoms with Gasteiger partial charge in [0.1, 0.15) is 5.75 Å². The van der Waals surface area contributed by atoms with Crippen molar-refractivity contribution < 1.29 is 9.53 Å². The number of carbonyl (C=O) groups is 1. The lowest BCUT2D eigenvalue weighted by molar-refractivity contribution is 0.0953. The second-order valence-electron chi connectivity index (χ2n) is 8.36. The molecule has 0 unspecified atom stereocenters. The molecule has 0 saturated heterocycles. The molecule has 0 atom stereocenters. The van der Waals surface area contributed by atoms with Gasteiger partial charge in [-0.1, -0.05) is 48.5 Å². The Bertz CT molecular complexity index is 1010. The average Bonchev–Trinajstić information content (AvgIpc) is 2.83. The molecule has 1 aliphatic rings. The highest BCUT2D eigenvalue weighted by atomic mass is 16.5. The van der Waals surface area contributed by atoms with E-state index in [0.717, 1.165) is 50.2 Å². The van der Waals surface area contributed by atoms with Gasteiger partial charge in [0.25, 0.3) is 5.91 Å². The van der Waals surface area contributed by atoms with Gasteiger partial charge in [-0.15, -0.1) is 0 Å². The summed E-state index contributed by atoms with van der Waals surface area (Å²) < 4.78 is 5.47. The summed E-state index contributed by atoms with van der Waals surface area (Å²) in [5.41, 5.74) is 6.13. The topological polar surface area (TPSA) is 41.6 Å². The van der Waals surface area contributed by atoms with E-state index in [0.29, 0.717) is 13.2 Å². The Balaban J connectivity index is 1.20. The summed E-state index contributed by atoms with van der Waals surface area (Å²) in [5.74, 6) is 0.897. The molecule has 0 aliphatic carbocycles. The molecule has 32 heavy (non-hydrogen) atoms. The van der Waals surface area contributed by atoms with Gasteiger partial charge in [0.15, 0.2) is 0 Å². The Morgan fingerprint density at radius 3 is 2.41 bits per heavy atom. The molecule has 1 N–H and O–H groups in total. The van der Waals surface area contributed by atoms with Gasteiger partial charge in [-0.3, -0.25) is 9.69 Å². The number of amides is 1. The lowest BCUT2D eigenvalue weighted by atomic mass is 9.99. The van der Waals surface area contributed by atoms with Crippen molar-refractivity contribution >= 4 is 5.91 Å². The molecule has 1 aliphatic heterocycles. The van der Waals surface area contributed by atoms with E-state index >= 15 is 0 Å². The van der Waals surface area contributed by atoms with Gasteiger partial charge >= 0.3 is 0 Å². The first-order valence-electron chi connectivity index (χ1n) is 11.6. The van der Waals surface area contributed by atoms with Crippen molar-refractivity contribution in [3.05, 3.63) is 101 Å². The molecule has 0 aromatic heterocycles. The number of nitrogens with zero attached hydrogens (tertiary/aromatic N) is 1. The van der Waals surface area contributed by atoms with Crippen LogP contribution in [-0.2, 0) is 25.9 Å². The molecule has 0 fully saturated rings. The van der Waals surface area contributed by atoms with Crippen LogP contribution in [0.5, 0.6) is 5.75 Å². The van der Waals surface area contributed by atoms with Gasteiger partial charge in [0, 0.05) is 31.7 Å². The number of aryl methyl sites for hydroxylation is 1. The highest BCUT2D eigenvalue weighted by molar-refractivity contribution is 5.94. The molecule has 1 amide bonds. The van der Waals surface area contributed by atoms with Crippen molar-refractivity contribution in [3.63, 3.8) is 0 Å². The number of ether oxygens (including phenoxy) is 1. The molecule has 4 heteroatoms. The summed E-state index contributed by atoms with van der Waals surface area (Å²) >= 11 is 0. The van der Waals surface area contributed by atoms with Crippen LogP contribution in [-0.4, -0.2) is 30.5 Å². The van der Waals surface area contributed by atoms with Crippen LogP contribution < -0.4 is 10.1 Å². The lowest BCUT2D eigenvalue weighted by Gasteiger charge is -2.28. The maximum Gasteiger partial charge on any atom is 0.251 e. The minimum absolute atomic E-state index is 0.00450. The first kappa shape index (κ1) is 22.1. The fraction of sp³-hybridized carbons (Fsp3) is 0.321. The van der Waals surface area contributed by atoms with Crippen molar-refractivity contribution in [3.8, 4) is 5.75 Å². The molecular formula is C28H32N2O2. The summed E-state index contributed by atoms with van der Waals surface area (Å²) in [4.78, 5) is 14.9. The third kappa shape index (κ3) is 5.98. The van der Waals surface area contributed by atoms with E-state index in [1.807, 2.05) is 31.2 Å². The van der Waals surface area contributed by atoms with E-state index in [4.69, 9.17) is 4.74 Å². The standard InChI is InChI=1S/C28H32N2O2/c1-2-32-27-15-11-22(12-16-27)6-5-18-29-28(31)25-13-9-23(10-14-25)20-30-19-17-24-7-3-4-8-26(24)21-30/h3-4,7-16H,2,5-6,17-21H2,1H3,(H,29,31). The Labute approximate surface area is 191 Å². The van der Waals surface area contributed by atoms with Gasteiger partial charge in [0.2, 0.25) is 0 Å². The Kier molecular flexibility index (Phi) is 7.57. The molecule has 3 aromatic carbocycles. The number of benzene rings is 3. The van der Waals surface area contributed by atoms with Crippen molar-refractivity contribution in [1.82, 2.24) is 10.2 Å². The van der Waals surface area contributed by atoms with E-state index in [1.165, 1.54) is 22.3 Å². The largest absolute Gasteiger partial charge is 0.494 e. The van der Waals surface area contributed by atoms with E-state index in [1.54, 1.807) is 0 Å². The number of hydrogen-bond donors (Lipinski definition) is 1. The first-order valence-corrected chi connectivity index (χ1v) is 11.6. The summed E-state index contributed by atoms with van der Waals surface area (Å²) in [6, 6.07) is 24.9. The maximum absolute atomic E-state index is 12.5. The second-order valence-corrected chi connectivity index (χ2v) is 8.36. The van der Waals surface area contributed by atoms with Gasteiger partial charge in [-0.25, -0.2) is 0 Å². The van der Waals surface area contributed by atoms with Crippen molar-refractivity contribution in [2.75, 3.05) is 19.7 Å². The van der Waals surface area contributed by atoms with Gasteiger partial charge in [-0.2, -0.15) is 0 Å². The van der Waals surface area contributed by atoms with Gasteiger partial charge in [-0.05, 0) is 72.7 Å². The highest BCUT2D eigenvalue weighted by Gasteiger charge is 2.16. The van der Waals surface area contributed by atoms with Crippen LogP contribution in [0.1, 0.15) is 46.0 Å². The molecule has 0 spiro atoms. The predicted molar refractivity (Wildman–Crippen MR) is 129 cm³/mol. The molecular weight excluding hydrogens is 396 g/mol. The monoisotopic (exact) mass is 428 g/mol. The number of nitrogens with one attached hydrogen (secondary N) is 1. The van der Waals surface area contributed by atoms with E-state index in [2.05, 4.69) is 58.7 Å². The van der Waals surface area contributed by atoms with Gasteiger partial charge in [0.05, 0.1) is 6.61 Å². The summed E-state index contributed by atoms with van der Waals surface area (Å²) in [6.45, 7) is 6.32. The third-order valence-electron chi connectivity index (χ3n) is 5.99. The predicted octanol–water partition coefficient (Wildman–Crippen LogP) is 5.01. The van der Waals surface area contributed by atoms with Crippen molar-refractivity contribution in [1.29, 1.82) is 0 Å². The van der Waals surface area contributed by atoms with Crippen LogP contribution in [0.2, 0.25) is 0 Å². The van der Waals surface area contributed by atoms with Crippen molar-refractivity contribution in [2.45, 2.75) is 39.3 Å². The fourth-order valence-corrected chi connectivity index (χ4v) is 4.22. The highest BCUT2D eigenvalue weighted by Crippen LogP contribution is 2.20. The molecule has 0 bridgehead atoms.